The summed E-state index contributed by atoms with van der Waals surface area (Å²) in [5.41, 5.74) is 2.00. The number of pyridine rings is 1. The Labute approximate surface area is 131 Å². The van der Waals surface area contributed by atoms with E-state index in [2.05, 4.69) is 4.98 Å². The number of fused-ring (bicyclic) bond motifs is 2. The van der Waals surface area contributed by atoms with E-state index in [1.54, 1.807) is 35.5 Å². The van der Waals surface area contributed by atoms with Crippen molar-refractivity contribution in [1.82, 2.24) is 9.88 Å². The monoisotopic (exact) mass is 308 g/mol. The predicted octanol–water partition coefficient (Wildman–Crippen LogP) is 2.68. The minimum Gasteiger partial charge on any atom is -0.478 e. The lowest BCUT2D eigenvalue weighted by Gasteiger charge is -2.13. The molecule has 1 aromatic carbocycles. The Bertz CT molecular complexity index is 945. The van der Waals surface area contributed by atoms with Crippen LogP contribution in [0.15, 0.2) is 47.1 Å². The average Bonchev–Trinajstić information content (AvgIpc) is 3.09. The molecule has 0 fully saturated rings. The predicted molar refractivity (Wildman–Crippen MR) is 81.0 cm³/mol. The maximum Gasteiger partial charge on any atom is 0.339 e. The molecule has 1 aliphatic rings. The van der Waals surface area contributed by atoms with E-state index in [1.807, 2.05) is 6.07 Å². The SMILES string of the molecule is O=C(O)c1cccc2cc(CN3Cc4ccncc4C3=O)oc12. The second-order valence-corrected chi connectivity index (χ2v) is 5.44. The van der Waals surface area contributed by atoms with E-state index in [4.69, 9.17) is 4.42 Å². The van der Waals surface area contributed by atoms with Gasteiger partial charge in [0.15, 0.2) is 0 Å². The van der Waals surface area contributed by atoms with E-state index in [0.29, 0.717) is 35.4 Å². The third kappa shape index (κ3) is 2.15. The summed E-state index contributed by atoms with van der Waals surface area (Å²) in [6.45, 7) is 0.792. The lowest BCUT2D eigenvalue weighted by atomic mass is 10.1. The largest absolute Gasteiger partial charge is 0.478 e. The van der Waals surface area contributed by atoms with Crippen LogP contribution in [0.5, 0.6) is 0 Å². The molecule has 4 rings (SSSR count). The first-order valence-corrected chi connectivity index (χ1v) is 7.10. The molecular weight excluding hydrogens is 296 g/mol. The number of hydrogen-bond donors (Lipinski definition) is 1. The lowest BCUT2D eigenvalue weighted by molar-refractivity contribution is 0.0695. The van der Waals surface area contributed by atoms with Gasteiger partial charge in [0.2, 0.25) is 0 Å². The van der Waals surface area contributed by atoms with Gasteiger partial charge >= 0.3 is 5.97 Å². The number of furan rings is 1. The van der Waals surface area contributed by atoms with Crippen molar-refractivity contribution in [3.8, 4) is 0 Å². The minimum atomic E-state index is -1.03. The molecule has 114 valence electrons. The van der Waals surface area contributed by atoms with Crippen LogP contribution in [0.25, 0.3) is 11.0 Å². The summed E-state index contributed by atoms with van der Waals surface area (Å²) in [4.78, 5) is 29.2. The van der Waals surface area contributed by atoms with Crippen LogP contribution >= 0.6 is 0 Å². The van der Waals surface area contributed by atoms with Gasteiger partial charge in [0.1, 0.15) is 16.9 Å². The van der Waals surface area contributed by atoms with Crippen molar-refractivity contribution in [1.29, 1.82) is 0 Å². The smallest absolute Gasteiger partial charge is 0.339 e. The first kappa shape index (κ1) is 13.5. The third-order valence-corrected chi connectivity index (χ3v) is 3.96. The van der Waals surface area contributed by atoms with Gasteiger partial charge < -0.3 is 14.4 Å². The van der Waals surface area contributed by atoms with Crippen molar-refractivity contribution in [2.75, 3.05) is 0 Å². The molecule has 6 heteroatoms. The van der Waals surface area contributed by atoms with Gasteiger partial charge in [0.05, 0.1) is 12.1 Å². The van der Waals surface area contributed by atoms with Crippen molar-refractivity contribution in [3.05, 3.63) is 65.2 Å². The molecule has 0 spiro atoms. The van der Waals surface area contributed by atoms with Crippen LogP contribution in [0.2, 0.25) is 0 Å². The highest BCUT2D eigenvalue weighted by atomic mass is 16.4. The number of carbonyl (C=O) groups is 2. The van der Waals surface area contributed by atoms with Crippen LogP contribution in [-0.2, 0) is 13.1 Å². The fraction of sp³-hybridized carbons (Fsp3) is 0.118. The van der Waals surface area contributed by atoms with Crippen molar-refractivity contribution < 1.29 is 19.1 Å². The normalized spacial score (nSPS) is 13.6. The Balaban J connectivity index is 1.66. The molecule has 0 atom stereocenters. The minimum absolute atomic E-state index is 0.0907. The third-order valence-electron chi connectivity index (χ3n) is 3.96. The number of amides is 1. The molecule has 0 unspecified atom stereocenters. The van der Waals surface area contributed by atoms with Gasteiger partial charge in [-0.15, -0.1) is 0 Å². The topological polar surface area (TPSA) is 83.6 Å². The zero-order valence-corrected chi connectivity index (χ0v) is 12.0. The first-order chi connectivity index (χ1) is 11.1. The number of para-hydroxylation sites is 1. The maximum atomic E-state index is 12.3. The quantitative estimate of drug-likeness (QED) is 0.804. The number of aromatic nitrogens is 1. The summed E-state index contributed by atoms with van der Waals surface area (Å²) in [5.74, 6) is -0.568. The van der Waals surface area contributed by atoms with E-state index < -0.39 is 5.97 Å². The van der Waals surface area contributed by atoms with Gasteiger partial charge in [0, 0.05) is 24.3 Å². The summed E-state index contributed by atoms with van der Waals surface area (Å²) < 4.78 is 5.68. The maximum absolute atomic E-state index is 12.3. The molecule has 1 N–H and O–H groups in total. The zero-order chi connectivity index (χ0) is 16.0. The molecular formula is C17H12N2O4. The van der Waals surface area contributed by atoms with Gasteiger partial charge in [-0.05, 0) is 23.8 Å². The molecule has 6 nitrogen and oxygen atoms in total. The fourth-order valence-electron chi connectivity index (χ4n) is 2.88. The van der Waals surface area contributed by atoms with Crippen molar-refractivity contribution >= 4 is 22.8 Å². The molecule has 2 aromatic heterocycles. The number of carbonyl (C=O) groups excluding carboxylic acids is 1. The van der Waals surface area contributed by atoms with Crippen LogP contribution in [0.4, 0.5) is 0 Å². The molecule has 23 heavy (non-hydrogen) atoms. The summed E-state index contributed by atoms with van der Waals surface area (Å²) in [6.07, 6.45) is 3.23. The van der Waals surface area contributed by atoms with E-state index in [0.717, 1.165) is 5.56 Å². The molecule has 0 bridgehead atoms. The van der Waals surface area contributed by atoms with Crippen LogP contribution < -0.4 is 0 Å². The zero-order valence-electron chi connectivity index (χ0n) is 12.0. The summed E-state index contributed by atoms with van der Waals surface area (Å²) in [6, 6.07) is 8.57. The summed E-state index contributed by atoms with van der Waals surface area (Å²) in [7, 11) is 0. The van der Waals surface area contributed by atoms with Crippen molar-refractivity contribution in [2.24, 2.45) is 0 Å². The average molecular weight is 308 g/mol. The van der Waals surface area contributed by atoms with Gasteiger partial charge in [-0.2, -0.15) is 0 Å². The highest BCUT2D eigenvalue weighted by molar-refractivity contribution is 6.01. The van der Waals surface area contributed by atoms with E-state index in [-0.39, 0.29) is 11.5 Å². The Morgan fingerprint density at radius 1 is 1.35 bits per heavy atom. The number of nitrogens with zero attached hydrogens (tertiary/aromatic N) is 2. The number of aromatic carboxylic acids is 1. The van der Waals surface area contributed by atoms with Gasteiger partial charge in [-0.25, -0.2) is 4.79 Å². The van der Waals surface area contributed by atoms with E-state index in [1.165, 1.54) is 6.07 Å². The van der Waals surface area contributed by atoms with Crippen molar-refractivity contribution in [2.45, 2.75) is 13.1 Å². The van der Waals surface area contributed by atoms with E-state index in [9.17, 15) is 14.7 Å². The number of carboxylic acids is 1. The second-order valence-electron chi connectivity index (χ2n) is 5.44. The Morgan fingerprint density at radius 3 is 3.00 bits per heavy atom. The molecule has 3 aromatic rings. The molecule has 0 saturated carbocycles. The number of rotatable bonds is 3. The number of hydrogen-bond acceptors (Lipinski definition) is 4. The highest BCUT2D eigenvalue weighted by Gasteiger charge is 2.28. The Hall–Kier alpha value is -3.15. The molecule has 1 aliphatic heterocycles. The standard InChI is InChI=1S/C17H12N2O4/c20-16-14-7-18-5-4-11(14)8-19(16)9-12-6-10-2-1-3-13(17(21)22)15(10)23-12/h1-7H,8-9H2,(H,21,22). The fourth-order valence-corrected chi connectivity index (χ4v) is 2.88. The summed E-state index contributed by atoms with van der Waals surface area (Å²) >= 11 is 0. The number of carboxylic acid groups (broad SMARTS) is 1. The molecule has 0 aliphatic carbocycles. The molecule has 1 amide bonds. The molecule has 3 heterocycles. The number of benzene rings is 1. The van der Waals surface area contributed by atoms with Gasteiger partial charge in [-0.3, -0.25) is 9.78 Å². The van der Waals surface area contributed by atoms with Crippen molar-refractivity contribution in [3.63, 3.8) is 0 Å². The van der Waals surface area contributed by atoms with Gasteiger partial charge in [0.25, 0.3) is 5.91 Å². The second kappa shape index (κ2) is 4.95. The van der Waals surface area contributed by atoms with E-state index >= 15 is 0 Å². The first-order valence-electron chi connectivity index (χ1n) is 7.10. The summed E-state index contributed by atoms with van der Waals surface area (Å²) in [5, 5.41) is 9.92. The van der Waals surface area contributed by atoms with Crippen LogP contribution in [0.3, 0.4) is 0 Å². The molecule has 0 radical (unpaired) electrons. The van der Waals surface area contributed by atoms with Gasteiger partial charge in [-0.1, -0.05) is 12.1 Å². The van der Waals surface area contributed by atoms with Crippen LogP contribution in [-0.4, -0.2) is 26.9 Å². The van der Waals surface area contributed by atoms with Crippen LogP contribution in [0, 0.1) is 0 Å². The Morgan fingerprint density at radius 2 is 2.22 bits per heavy atom. The molecule has 0 saturated heterocycles. The lowest BCUT2D eigenvalue weighted by Crippen LogP contribution is -2.22. The highest BCUT2D eigenvalue weighted by Crippen LogP contribution is 2.27. The Kier molecular flexibility index (Phi) is 2.90. The van der Waals surface area contributed by atoms with Crippen LogP contribution in [0.1, 0.15) is 32.0 Å².